The molecule has 0 saturated heterocycles. The standard InChI is InChI=1S/C10H21N3O2/c1-5-7-11-10(15)13(6-2)8-9(14)12(3)4/h5-8H2,1-4H3,(H,11,15). The predicted octanol–water partition coefficient (Wildman–Crippen LogP) is 0.516. The number of likely N-dealkylation sites (N-methyl/N-ethyl adjacent to an activating group) is 2. The molecule has 0 atom stereocenters. The first-order chi connectivity index (χ1) is 7.02. The fourth-order valence-electron chi connectivity index (χ4n) is 0.976. The van der Waals surface area contributed by atoms with Crippen molar-refractivity contribution in [2.45, 2.75) is 20.3 Å². The minimum atomic E-state index is -0.172. The molecular formula is C10H21N3O2. The predicted molar refractivity (Wildman–Crippen MR) is 59.6 cm³/mol. The summed E-state index contributed by atoms with van der Waals surface area (Å²) in [5, 5.41) is 2.74. The zero-order valence-electron chi connectivity index (χ0n) is 10.0. The SMILES string of the molecule is CCCNC(=O)N(CC)CC(=O)N(C)C. The third-order valence-electron chi connectivity index (χ3n) is 2.02. The number of carbonyl (C=O) groups is 2. The molecular weight excluding hydrogens is 194 g/mol. The smallest absolute Gasteiger partial charge is 0.317 e. The van der Waals surface area contributed by atoms with E-state index in [0.29, 0.717) is 13.1 Å². The summed E-state index contributed by atoms with van der Waals surface area (Å²) in [6.45, 7) is 5.16. The van der Waals surface area contributed by atoms with Gasteiger partial charge in [0.15, 0.2) is 0 Å². The second kappa shape index (κ2) is 7.09. The molecule has 0 aromatic rings. The Hall–Kier alpha value is -1.26. The Bertz CT molecular complexity index is 217. The van der Waals surface area contributed by atoms with E-state index >= 15 is 0 Å². The fourth-order valence-corrected chi connectivity index (χ4v) is 0.976. The molecule has 0 saturated carbocycles. The van der Waals surface area contributed by atoms with Crippen molar-refractivity contribution in [2.75, 3.05) is 33.7 Å². The van der Waals surface area contributed by atoms with E-state index in [0.717, 1.165) is 6.42 Å². The number of rotatable bonds is 5. The highest BCUT2D eigenvalue weighted by Gasteiger charge is 2.15. The van der Waals surface area contributed by atoms with Crippen LogP contribution in [0.1, 0.15) is 20.3 Å². The third kappa shape index (κ3) is 5.24. The first kappa shape index (κ1) is 13.7. The summed E-state index contributed by atoms with van der Waals surface area (Å²) in [5.74, 6) is -0.0662. The van der Waals surface area contributed by atoms with Crippen LogP contribution in [0, 0.1) is 0 Å². The van der Waals surface area contributed by atoms with Gasteiger partial charge in [0.25, 0.3) is 0 Å². The lowest BCUT2D eigenvalue weighted by Gasteiger charge is -2.22. The van der Waals surface area contributed by atoms with Gasteiger partial charge in [0.05, 0.1) is 0 Å². The van der Waals surface area contributed by atoms with E-state index < -0.39 is 0 Å². The Morgan fingerprint density at radius 1 is 1.20 bits per heavy atom. The van der Waals surface area contributed by atoms with Crippen LogP contribution in [-0.4, -0.2) is 55.5 Å². The number of amides is 3. The molecule has 0 heterocycles. The van der Waals surface area contributed by atoms with Crippen LogP contribution in [0.5, 0.6) is 0 Å². The minimum Gasteiger partial charge on any atom is -0.347 e. The van der Waals surface area contributed by atoms with E-state index in [9.17, 15) is 9.59 Å². The van der Waals surface area contributed by atoms with E-state index in [-0.39, 0.29) is 18.5 Å². The second-order valence-electron chi connectivity index (χ2n) is 3.53. The first-order valence-electron chi connectivity index (χ1n) is 5.25. The molecule has 88 valence electrons. The zero-order chi connectivity index (χ0) is 11.8. The maximum absolute atomic E-state index is 11.5. The van der Waals surface area contributed by atoms with Gasteiger partial charge in [-0.15, -0.1) is 0 Å². The fraction of sp³-hybridized carbons (Fsp3) is 0.800. The Morgan fingerprint density at radius 2 is 1.80 bits per heavy atom. The Morgan fingerprint density at radius 3 is 2.20 bits per heavy atom. The van der Waals surface area contributed by atoms with Crippen molar-refractivity contribution in [3.8, 4) is 0 Å². The number of nitrogens with zero attached hydrogens (tertiary/aromatic N) is 2. The molecule has 15 heavy (non-hydrogen) atoms. The molecule has 0 aliphatic rings. The van der Waals surface area contributed by atoms with Crippen LogP contribution in [0.4, 0.5) is 4.79 Å². The first-order valence-corrected chi connectivity index (χ1v) is 5.25. The Kier molecular flexibility index (Phi) is 6.49. The molecule has 0 aromatic carbocycles. The van der Waals surface area contributed by atoms with Gasteiger partial charge in [-0.1, -0.05) is 6.92 Å². The monoisotopic (exact) mass is 215 g/mol. The average Bonchev–Trinajstić information content (AvgIpc) is 2.21. The van der Waals surface area contributed by atoms with Gasteiger partial charge in [0, 0.05) is 27.2 Å². The van der Waals surface area contributed by atoms with E-state index in [2.05, 4.69) is 5.32 Å². The molecule has 5 nitrogen and oxygen atoms in total. The van der Waals surface area contributed by atoms with Crippen LogP contribution in [0.3, 0.4) is 0 Å². The van der Waals surface area contributed by atoms with Gasteiger partial charge in [-0.2, -0.15) is 0 Å². The van der Waals surface area contributed by atoms with Crippen molar-refractivity contribution in [1.82, 2.24) is 15.1 Å². The highest BCUT2D eigenvalue weighted by atomic mass is 16.2. The third-order valence-corrected chi connectivity index (χ3v) is 2.02. The van der Waals surface area contributed by atoms with Crippen LogP contribution >= 0.6 is 0 Å². The van der Waals surface area contributed by atoms with E-state index in [4.69, 9.17) is 0 Å². The quantitative estimate of drug-likeness (QED) is 0.726. The number of hydrogen-bond donors (Lipinski definition) is 1. The highest BCUT2D eigenvalue weighted by Crippen LogP contribution is 1.92. The lowest BCUT2D eigenvalue weighted by molar-refractivity contribution is -0.129. The van der Waals surface area contributed by atoms with Gasteiger partial charge in [-0.25, -0.2) is 4.79 Å². The van der Waals surface area contributed by atoms with Crippen LogP contribution in [-0.2, 0) is 4.79 Å². The molecule has 0 aliphatic carbocycles. The van der Waals surface area contributed by atoms with Gasteiger partial charge in [0.1, 0.15) is 6.54 Å². The summed E-state index contributed by atoms with van der Waals surface area (Å²) in [5.41, 5.74) is 0. The molecule has 0 aromatic heterocycles. The molecule has 0 radical (unpaired) electrons. The van der Waals surface area contributed by atoms with Crippen LogP contribution in [0.15, 0.2) is 0 Å². The van der Waals surface area contributed by atoms with Gasteiger partial charge in [0.2, 0.25) is 5.91 Å². The van der Waals surface area contributed by atoms with Crippen LogP contribution in [0.2, 0.25) is 0 Å². The molecule has 3 amide bonds. The van der Waals surface area contributed by atoms with Gasteiger partial charge in [-0.05, 0) is 13.3 Å². The maximum atomic E-state index is 11.5. The summed E-state index contributed by atoms with van der Waals surface area (Å²) >= 11 is 0. The van der Waals surface area contributed by atoms with Gasteiger partial charge in [-0.3, -0.25) is 4.79 Å². The zero-order valence-corrected chi connectivity index (χ0v) is 10.0. The summed E-state index contributed by atoms with van der Waals surface area (Å²) in [4.78, 5) is 25.9. The second-order valence-corrected chi connectivity index (χ2v) is 3.53. The molecule has 5 heteroatoms. The van der Waals surface area contributed by atoms with E-state index in [1.165, 1.54) is 9.80 Å². The van der Waals surface area contributed by atoms with Crippen LogP contribution in [0.25, 0.3) is 0 Å². The maximum Gasteiger partial charge on any atom is 0.317 e. The number of hydrogen-bond acceptors (Lipinski definition) is 2. The molecule has 0 spiro atoms. The normalized spacial score (nSPS) is 9.60. The largest absolute Gasteiger partial charge is 0.347 e. The number of urea groups is 1. The summed E-state index contributed by atoms with van der Waals surface area (Å²) in [6.07, 6.45) is 0.894. The molecule has 0 unspecified atom stereocenters. The number of nitrogens with one attached hydrogen (secondary N) is 1. The van der Waals surface area contributed by atoms with Crippen molar-refractivity contribution in [3.63, 3.8) is 0 Å². The highest BCUT2D eigenvalue weighted by molar-refractivity contribution is 5.83. The Balaban J connectivity index is 4.12. The topological polar surface area (TPSA) is 52.7 Å². The van der Waals surface area contributed by atoms with Gasteiger partial charge >= 0.3 is 6.03 Å². The van der Waals surface area contributed by atoms with E-state index in [1.807, 2.05) is 13.8 Å². The van der Waals surface area contributed by atoms with Crippen LogP contribution < -0.4 is 5.32 Å². The van der Waals surface area contributed by atoms with Crippen molar-refractivity contribution >= 4 is 11.9 Å². The van der Waals surface area contributed by atoms with Crippen molar-refractivity contribution in [1.29, 1.82) is 0 Å². The average molecular weight is 215 g/mol. The molecule has 0 aliphatic heterocycles. The van der Waals surface area contributed by atoms with Gasteiger partial charge < -0.3 is 15.1 Å². The summed E-state index contributed by atoms with van der Waals surface area (Å²) in [7, 11) is 3.36. The van der Waals surface area contributed by atoms with Crippen molar-refractivity contribution in [2.24, 2.45) is 0 Å². The lowest BCUT2D eigenvalue weighted by atomic mass is 10.4. The Labute approximate surface area is 91.4 Å². The van der Waals surface area contributed by atoms with E-state index in [1.54, 1.807) is 14.1 Å². The summed E-state index contributed by atoms with van der Waals surface area (Å²) < 4.78 is 0. The lowest BCUT2D eigenvalue weighted by Crippen LogP contribution is -2.45. The number of carbonyl (C=O) groups excluding carboxylic acids is 2. The molecule has 1 N–H and O–H groups in total. The summed E-state index contributed by atoms with van der Waals surface area (Å²) in [6, 6.07) is -0.172. The van der Waals surface area contributed by atoms with Crippen molar-refractivity contribution in [3.05, 3.63) is 0 Å². The minimum absolute atomic E-state index is 0.0662. The molecule has 0 bridgehead atoms. The molecule has 0 fully saturated rings. The molecule has 0 rings (SSSR count). The van der Waals surface area contributed by atoms with Crippen molar-refractivity contribution < 1.29 is 9.59 Å².